The lowest BCUT2D eigenvalue weighted by atomic mass is 10.2. The Hall–Kier alpha value is -1.56. The largest absolute Gasteiger partial charge is 0.393 e. The normalized spacial score (nSPS) is 21.4. The zero-order valence-corrected chi connectivity index (χ0v) is 12.2. The number of piperazine rings is 1. The van der Waals surface area contributed by atoms with Gasteiger partial charge in [-0.25, -0.2) is 9.97 Å². The maximum absolute atomic E-state index is 6.28. The van der Waals surface area contributed by atoms with Crippen LogP contribution in [0.5, 0.6) is 0 Å². The van der Waals surface area contributed by atoms with E-state index >= 15 is 0 Å². The van der Waals surface area contributed by atoms with Gasteiger partial charge in [0.15, 0.2) is 11.6 Å². The molecule has 1 aliphatic heterocycles. The van der Waals surface area contributed by atoms with E-state index in [9.17, 15) is 0 Å². The van der Waals surface area contributed by atoms with Crippen LogP contribution in [0, 0.1) is 0 Å². The van der Waals surface area contributed by atoms with Gasteiger partial charge in [-0.2, -0.15) is 0 Å². The zero-order valence-electron chi connectivity index (χ0n) is 12.2. The number of hydrogen-bond donors (Lipinski definition) is 2. The second-order valence-corrected chi connectivity index (χ2v) is 5.88. The van der Waals surface area contributed by atoms with Crippen molar-refractivity contribution < 1.29 is 0 Å². The molecule has 0 spiro atoms. The molecule has 6 heteroatoms. The Morgan fingerprint density at radius 1 is 1.15 bits per heavy atom. The van der Waals surface area contributed by atoms with Crippen molar-refractivity contribution in [2.45, 2.75) is 31.7 Å². The number of aromatic nitrogens is 2. The number of nitrogens with one attached hydrogen (secondary N) is 1. The second kappa shape index (κ2) is 5.83. The van der Waals surface area contributed by atoms with Crippen LogP contribution in [0.1, 0.15) is 25.7 Å². The van der Waals surface area contributed by atoms with Gasteiger partial charge in [0.05, 0.1) is 0 Å². The molecule has 1 saturated carbocycles. The van der Waals surface area contributed by atoms with E-state index in [2.05, 4.69) is 32.1 Å². The predicted molar refractivity (Wildman–Crippen MR) is 82.0 cm³/mol. The number of anilines is 3. The maximum atomic E-state index is 6.28. The van der Waals surface area contributed by atoms with Gasteiger partial charge < -0.3 is 20.9 Å². The molecule has 0 radical (unpaired) electrons. The standard InChI is InChI=1S/C14H24N6/c1-19-6-8-20(9-7-19)14-12(15)13(16-10-17-14)18-11-4-2-3-5-11/h10-11H,2-9,15H2,1H3,(H,16,17,18). The summed E-state index contributed by atoms with van der Waals surface area (Å²) in [6, 6.07) is 0.521. The Morgan fingerprint density at radius 2 is 1.85 bits per heavy atom. The van der Waals surface area contributed by atoms with Crippen molar-refractivity contribution in [3.63, 3.8) is 0 Å². The molecular formula is C14H24N6. The Balaban J connectivity index is 1.74. The van der Waals surface area contributed by atoms with Gasteiger partial charge in [0.1, 0.15) is 12.0 Å². The molecule has 3 N–H and O–H groups in total. The molecular weight excluding hydrogens is 252 g/mol. The minimum absolute atomic E-state index is 0.521. The first-order chi connectivity index (χ1) is 9.74. The lowest BCUT2D eigenvalue weighted by molar-refractivity contribution is 0.312. The van der Waals surface area contributed by atoms with Crippen molar-refractivity contribution >= 4 is 17.3 Å². The minimum Gasteiger partial charge on any atom is -0.393 e. The van der Waals surface area contributed by atoms with Crippen molar-refractivity contribution in [1.82, 2.24) is 14.9 Å². The van der Waals surface area contributed by atoms with E-state index in [1.54, 1.807) is 6.33 Å². The van der Waals surface area contributed by atoms with Crippen molar-refractivity contribution in [1.29, 1.82) is 0 Å². The van der Waals surface area contributed by atoms with Crippen LogP contribution in [-0.2, 0) is 0 Å². The molecule has 2 heterocycles. The molecule has 2 fully saturated rings. The van der Waals surface area contributed by atoms with E-state index < -0.39 is 0 Å². The van der Waals surface area contributed by atoms with Crippen molar-refractivity contribution in [2.24, 2.45) is 0 Å². The van der Waals surface area contributed by atoms with Crippen LogP contribution in [0.4, 0.5) is 17.3 Å². The summed E-state index contributed by atoms with van der Waals surface area (Å²) in [5.41, 5.74) is 6.98. The average Bonchev–Trinajstić information content (AvgIpc) is 2.95. The quantitative estimate of drug-likeness (QED) is 0.863. The third kappa shape index (κ3) is 2.80. The molecule has 1 aromatic rings. The maximum Gasteiger partial charge on any atom is 0.157 e. The van der Waals surface area contributed by atoms with E-state index in [1.165, 1.54) is 25.7 Å². The molecule has 2 aliphatic rings. The monoisotopic (exact) mass is 276 g/mol. The number of likely N-dealkylation sites (N-methyl/N-ethyl adjacent to an activating group) is 1. The molecule has 110 valence electrons. The molecule has 0 bridgehead atoms. The number of rotatable bonds is 3. The highest BCUT2D eigenvalue weighted by Crippen LogP contribution is 2.29. The summed E-state index contributed by atoms with van der Waals surface area (Å²) in [6.45, 7) is 4.05. The highest BCUT2D eigenvalue weighted by atomic mass is 15.3. The smallest absolute Gasteiger partial charge is 0.157 e. The summed E-state index contributed by atoms with van der Waals surface area (Å²) in [5.74, 6) is 1.69. The summed E-state index contributed by atoms with van der Waals surface area (Å²) >= 11 is 0. The van der Waals surface area contributed by atoms with Crippen LogP contribution in [0.3, 0.4) is 0 Å². The predicted octanol–water partition coefficient (Wildman–Crippen LogP) is 1.17. The van der Waals surface area contributed by atoms with Gasteiger partial charge in [-0.3, -0.25) is 0 Å². The number of nitrogen functional groups attached to an aromatic ring is 1. The van der Waals surface area contributed by atoms with Crippen LogP contribution >= 0.6 is 0 Å². The third-order valence-corrected chi connectivity index (χ3v) is 4.36. The summed E-state index contributed by atoms with van der Waals surface area (Å²) in [4.78, 5) is 13.3. The first-order valence-corrected chi connectivity index (χ1v) is 7.54. The first kappa shape index (κ1) is 13.4. The Kier molecular flexibility index (Phi) is 3.91. The summed E-state index contributed by atoms with van der Waals surface area (Å²) in [6.07, 6.45) is 6.66. The Morgan fingerprint density at radius 3 is 2.55 bits per heavy atom. The SMILES string of the molecule is CN1CCN(c2ncnc(NC3CCCC3)c2N)CC1. The van der Waals surface area contributed by atoms with Crippen LogP contribution < -0.4 is 16.0 Å². The van der Waals surface area contributed by atoms with Gasteiger partial charge in [-0.15, -0.1) is 0 Å². The van der Waals surface area contributed by atoms with Crippen molar-refractivity contribution in [3.05, 3.63) is 6.33 Å². The van der Waals surface area contributed by atoms with E-state index in [-0.39, 0.29) is 0 Å². The minimum atomic E-state index is 0.521. The van der Waals surface area contributed by atoms with Gasteiger partial charge in [0, 0.05) is 32.2 Å². The van der Waals surface area contributed by atoms with E-state index in [1.807, 2.05) is 0 Å². The Labute approximate surface area is 120 Å². The number of hydrogen-bond acceptors (Lipinski definition) is 6. The highest BCUT2D eigenvalue weighted by Gasteiger charge is 2.21. The van der Waals surface area contributed by atoms with Crippen LogP contribution in [0.25, 0.3) is 0 Å². The summed E-state index contributed by atoms with van der Waals surface area (Å²) in [5, 5.41) is 3.48. The molecule has 1 aromatic heterocycles. The van der Waals surface area contributed by atoms with Crippen molar-refractivity contribution in [3.8, 4) is 0 Å². The molecule has 20 heavy (non-hydrogen) atoms. The topological polar surface area (TPSA) is 70.3 Å². The second-order valence-electron chi connectivity index (χ2n) is 5.88. The molecule has 0 amide bonds. The Bertz CT molecular complexity index is 449. The fourth-order valence-corrected chi connectivity index (χ4v) is 3.04. The molecule has 1 saturated heterocycles. The molecule has 0 unspecified atom stereocenters. The van der Waals surface area contributed by atoms with Crippen LogP contribution in [-0.4, -0.2) is 54.1 Å². The molecule has 1 aliphatic carbocycles. The van der Waals surface area contributed by atoms with Gasteiger partial charge in [-0.1, -0.05) is 12.8 Å². The lowest BCUT2D eigenvalue weighted by Crippen LogP contribution is -2.45. The van der Waals surface area contributed by atoms with Crippen LogP contribution in [0.2, 0.25) is 0 Å². The van der Waals surface area contributed by atoms with Gasteiger partial charge in [-0.05, 0) is 19.9 Å². The molecule has 3 rings (SSSR count). The van der Waals surface area contributed by atoms with E-state index in [0.717, 1.165) is 37.8 Å². The molecule has 0 aromatic carbocycles. The number of nitrogens with zero attached hydrogens (tertiary/aromatic N) is 4. The fourth-order valence-electron chi connectivity index (χ4n) is 3.04. The van der Waals surface area contributed by atoms with Crippen LogP contribution in [0.15, 0.2) is 6.33 Å². The lowest BCUT2D eigenvalue weighted by Gasteiger charge is -2.34. The van der Waals surface area contributed by atoms with Gasteiger partial charge >= 0.3 is 0 Å². The first-order valence-electron chi connectivity index (χ1n) is 7.54. The zero-order chi connectivity index (χ0) is 13.9. The fraction of sp³-hybridized carbons (Fsp3) is 0.714. The van der Waals surface area contributed by atoms with E-state index in [0.29, 0.717) is 11.7 Å². The summed E-state index contributed by atoms with van der Waals surface area (Å²) in [7, 11) is 2.15. The average molecular weight is 276 g/mol. The van der Waals surface area contributed by atoms with Gasteiger partial charge in [0.25, 0.3) is 0 Å². The summed E-state index contributed by atoms with van der Waals surface area (Å²) < 4.78 is 0. The molecule has 6 nitrogen and oxygen atoms in total. The highest BCUT2D eigenvalue weighted by molar-refractivity contribution is 5.75. The van der Waals surface area contributed by atoms with Crippen molar-refractivity contribution in [2.75, 3.05) is 49.2 Å². The van der Waals surface area contributed by atoms with E-state index in [4.69, 9.17) is 5.73 Å². The molecule has 0 atom stereocenters. The third-order valence-electron chi connectivity index (χ3n) is 4.36. The number of nitrogens with two attached hydrogens (primary N) is 1. The van der Waals surface area contributed by atoms with Gasteiger partial charge in [0.2, 0.25) is 0 Å².